The third-order valence-corrected chi connectivity index (χ3v) is 6.15. The Kier molecular flexibility index (Phi) is 3.21. The van der Waals surface area contributed by atoms with E-state index in [-0.39, 0.29) is 0 Å². The molecule has 0 unspecified atom stereocenters. The lowest BCUT2D eigenvalue weighted by atomic mass is 10.1. The standard InChI is InChI=1S/C18H14S2/c1-3-7-15-13(5-1)9-11-17(19-15)18-12-10-14-6-2-4-8-16(14)20-18/h1-4,7-12H,5-6H2. The summed E-state index contributed by atoms with van der Waals surface area (Å²) in [5.41, 5.74) is 2.89. The first-order valence-corrected chi connectivity index (χ1v) is 8.46. The SMILES string of the molecule is C1=CCC2=CC=C(C3=CC=C4CC=CC=C4S3)SC2=C1. The lowest BCUT2D eigenvalue weighted by Crippen LogP contribution is -1.99. The predicted molar refractivity (Wildman–Crippen MR) is 91.2 cm³/mol. The van der Waals surface area contributed by atoms with Gasteiger partial charge in [0, 0.05) is 19.6 Å². The van der Waals surface area contributed by atoms with Crippen molar-refractivity contribution in [3.63, 3.8) is 0 Å². The molecular formula is C18H14S2. The highest BCUT2D eigenvalue weighted by atomic mass is 32.2. The van der Waals surface area contributed by atoms with E-state index in [0.29, 0.717) is 0 Å². The zero-order chi connectivity index (χ0) is 13.4. The molecule has 0 radical (unpaired) electrons. The van der Waals surface area contributed by atoms with E-state index in [1.54, 1.807) is 0 Å². The Balaban J connectivity index is 1.64. The van der Waals surface area contributed by atoms with Crippen molar-refractivity contribution in [3.05, 3.63) is 91.5 Å². The maximum Gasteiger partial charge on any atom is 0.0262 e. The molecule has 0 N–H and O–H groups in total. The average molecular weight is 294 g/mol. The zero-order valence-electron chi connectivity index (χ0n) is 11.0. The molecule has 0 bridgehead atoms. The number of rotatable bonds is 1. The van der Waals surface area contributed by atoms with Crippen molar-refractivity contribution in [3.8, 4) is 0 Å². The molecule has 0 aromatic rings. The summed E-state index contributed by atoms with van der Waals surface area (Å²) in [6, 6.07) is 0. The molecule has 0 fully saturated rings. The van der Waals surface area contributed by atoms with Crippen LogP contribution in [0.4, 0.5) is 0 Å². The second kappa shape index (κ2) is 5.19. The van der Waals surface area contributed by atoms with Crippen molar-refractivity contribution in [2.24, 2.45) is 0 Å². The Labute approximate surface area is 128 Å². The Bertz CT molecular complexity index is 642. The zero-order valence-corrected chi connectivity index (χ0v) is 12.6. The molecule has 98 valence electrons. The van der Waals surface area contributed by atoms with Crippen LogP contribution in [0.2, 0.25) is 0 Å². The maximum absolute atomic E-state index is 2.27. The van der Waals surface area contributed by atoms with Crippen LogP contribution in [-0.2, 0) is 0 Å². The summed E-state index contributed by atoms with van der Waals surface area (Å²) in [5.74, 6) is 0. The van der Waals surface area contributed by atoms with Gasteiger partial charge >= 0.3 is 0 Å². The minimum atomic E-state index is 1.06. The van der Waals surface area contributed by atoms with Crippen LogP contribution in [0.25, 0.3) is 0 Å². The van der Waals surface area contributed by atoms with Gasteiger partial charge in [-0.15, -0.1) is 0 Å². The number of hydrogen-bond donors (Lipinski definition) is 0. The lowest BCUT2D eigenvalue weighted by molar-refractivity contribution is 1.24. The average Bonchev–Trinajstić information content (AvgIpc) is 2.54. The number of thioether (sulfide) groups is 2. The maximum atomic E-state index is 2.27. The molecule has 2 heteroatoms. The van der Waals surface area contributed by atoms with Crippen molar-refractivity contribution in [2.45, 2.75) is 12.8 Å². The van der Waals surface area contributed by atoms with Crippen LogP contribution in [0.15, 0.2) is 91.5 Å². The van der Waals surface area contributed by atoms with Crippen LogP contribution in [0, 0.1) is 0 Å². The Morgan fingerprint density at radius 1 is 0.550 bits per heavy atom. The number of allylic oxidation sites excluding steroid dienone is 12. The predicted octanol–water partition coefficient (Wildman–Crippen LogP) is 5.79. The summed E-state index contributed by atoms with van der Waals surface area (Å²) < 4.78 is 0. The molecule has 2 aliphatic heterocycles. The molecule has 4 rings (SSSR count). The lowest BCUT2D eigenvalue weighted by Gasteiger charge is -2.23. The fourth-order valence-electron chi connectivity index (χ4n) is 2.54. The van der Waals surface area contributed by atoms with Gasteiger partial charge < -0.3 is 0 Å². The number of hydrogen-bond acceptors (Lipinski definition) is 2. The van der Waals surface area contributed by atoms with Gasteiger partial charge in [-0.2, -0.15) is 0 Å². The molecular weight excluding hydrogens is 280 g/mol. The Hall–Kier alpha value is -1.38. The first-order chi connectivity index (χ1) is 9.90. The van der Waals surface area contributed by atoms with E-state index in [4.69, 9.17) is 0 Å². The molecule has 0 atom stereocenters. The summed E-state index contributed by atoms with van der Waals surface area (Å²) in [5, 5.41) is 0. The number of fused-ring (bicyclic) bond motifs is 2. The molecule has 0 saturated heterocycles. The fraction of sp³-hybridized carbons (Fsp3) is 0.111. The fourth-order valence-corrected chi connectivity index (χ4v) is 4.73. The van der Waals surface area contributed by atoms with Crippen molar-refractivity contribution < 1.29 is 0 Å². The molecule has 20 heavy (non-hydrogen) atoms. The quantitative estimate of drug-likeness (QED) is 0.600. The normalized spacial score (nSPS) is 23.6. The summed E-state index contributed by atoms with van der Waals surface area (Å²) in [6.07, 6.45) is 24.4. The van der Waals surface area contributed by atoms with Crippen LogP contribution in [0.1, 0.15) is 12.8 Å². The first-order valence-electron chi connectivity index (χ1n) is 6.82. The smallest absolute Gasteiger partial charge is 0.0262 e. The highest BCUT2D eigenvalue weighted by molar-refractivity contribution is 8.12. The highest BCUT2D eigenvalue weighted by Crippen LogP contribution is 2.48. The molecule has 4 aliphatic rings. The van der Waals surface area contributed by atoms with Crippen LogP contribution >= 0.6 is 23.5 Å². The molecule has 0 spiro atoms. The van der Waals surface area contributed by atoms with Crippen molar-refractivity contribution >= 4 is 23.5 Å². The molecule has 0 aromatic carbocycles. The van der Waals surface area contributed by atoms with Gasteiger partial charge in [-0.05, 0) is 48.3 Å². The van der Waals surface area contributed by atoms with Crippen molar-refractivity contribution in [2.75, 3.05) is 0 Å². The van der Waals surface area contributed by atoms with Crippen LogP contribution in [0.3, 0.4) is 0 Å². The van der Waals surface area contributed by atoms with E-state index >= 15 is 0 Å². The summed E-state index contributed by atoms with van der Waals surface area (Å²) in [6.45, 7) is 0. The van der Waals surface area contributed by atoms with Gasteiger partial charge in [-0.25, -0.2) is 0 Å². The second-order valence-electron chi connectivity index (χ2n) is 4.98. The minimum Gasteiger partial charge on any atom is -0.0886 e. The third-order valence-electron chi connectivity index (χ3n) is 3.63. The summed E-state index contributed by atoms with van der Waals surface area (Å²) >= 11 is 3.80. The van der Waals surface area contributed by atoms with Crippen molar-refractivity contribution in [1.29, 1.82) is 0 Å². The Morgan fingerprint density at radius 3 is 1.55 bits per heavy atom. The molecule has 0 aromatic heterocycles. The van der Waals surface area contributed by atoms with E-state index < -0.39 is 0 Å². The first kappa shape index (κ1) is 12.4. The van der Waals surface area contributed by atoms with Crippen LogP contribution < -0.4 is 0 Å². The van der Waals surface area contributed by atoms with Gasteiger partial charge in [-0.1, -0.05) is 60.0 Å². The molecule has 2 heterocycles. The van der Waals surface area contributed by atoms with Crippen LogP contribution in [-0.4, -0.2) is 0 Å². The van der Waals surface area contributed by atoms with Gasteiger partial charge in [0.15, 0.2) is 0 Å². The third kappa shape index (κ3) is 2.23. The van der Waals surface area contributed by atoms with E-state index in [0.717, 1.165) is 12.8 Å². The Morgan fingerprint density at radius 2 is 1.05 bits per heavy atom. The second-order valence-corrected chi connectivity index (χ2v) is 7.14. The van der Waals surface area contributed by atoms with E-state index in [1.807, 2.05) is 23.5 Å². The van der Waals surface area contributed by atoms with Crippen LogP contribution in [0.5, 0.6) is 0 Å². The highest BCUT2D eigenvalue weighted by Gasteiger charge is 2.20. The minimum absolute atomic E-state index is 1.06. The molecule has 0 amide bonds. The topological polar surface area (TPSA) is 0 Å². The van der Waals surface area contributed by atoms with Gasteiger partial charge in [0.2, 0.25) is 0 Å². The van der Waals surface area contributed by atoms with E-state index in [9.17, 15) is 0 Å². The summed E-state index contributed by atoms with van der Waals surface area (Å²) in [4.78, 5) is 5.54. The summed E-state index contributed by atoms with van der Waals surface area (Å²) in [7, 11) is 0. The van der Waals surface area contributed by atoms with Gasteiger partial charge in [-0.3, -0.25) is 0 Å². The van der Waals surface area contributed by atoms with E-state index in [2.05, 4.69) is 60.8 Å². The van der Waals surface area contributed by atoms with E-state index in [1.165, 1.54) is 30.8 Å². The molecule has 0 nitrogen and oxygen atoms in total. The molecule has 0 saturated carbocycles. The monoisotopic (exact) mass is 294 g/mol. The van der Waals surface area contributed by atoms with Crippen molar-refractivity contribution in [1.82, 2.24) is 0 Å². The van der Waals surface area contributed by atoms with Gasteiger partial charge in [0.05, 0.1) is 0 Å². The van der Waals surface area contributed by atoms with Gasteiger partial charge in [0.1, 0.15) is 0 Å². The molecule has 2 aliphatic carbocycles. The van der Waals surface area contributed by atoms with Gasteiger partial charge in [0.25, 0.3) is 0 Å². The largest absolute Gasteiger partial charge is 0.0886 e.